The minimum atomic E-state index is -4.42. The number of halogens is 4. The van der Waals surface area contributed by atoms with E-state index < -0.39 is 11.7 Å². The summed E-state index contributed by atoms with van der Waals surface area (Å²) in [6, 6.07) is 11.3. The standard InChI is InChI=1S/C20H18F4N2O/c21-17-6-1-2-7-18(17)25-10-12-26(13-11-25)19(27)9-8-15-4-3-5-16(14-15)20(22,23)24/h1-9,14H,10-13H2/b9-8+. The average Bonchev–Trinajstić information content (AvgIpc) is 2.66. The van der Waals surface area contributed by atoms with Crippen LogP contribution in [0.4, 0.5) is 23.2 Å². The molecular weight excluding hydrogens is 360 g/mol. The van der Waals surface area contributed by atoms with E-state index in [1.165, 1.54) is 30.4 Å². The van der Waals surface area contributed by atoms with Crippen LogP contribution in [-0.2, 0) is 11.0 Å². The first-order chi connectivity index (χ1) is 12.8. The molecule has 142 valence electrons. The van der Waals surface area contributed by atoms with Crippen LogP contribution in [0.5, 0.6) is 0 Å². The molecule has 0 bridgehead atoms. The molecule has 0 unspecified atom stereocenters. The predicted octanol–water partition coefficient (Wildman–Crippen LogP) is 4.21. The lowest BCUT2D eigenvalue weighted by atomic mass is 10.1. The van der Waals surface area contributed by atoms with Crippen molar-refractivity contribution in [1.82, 2.24) is 4.90 Å². The van der Waals surface area contributed by atoms with Gasteiger partial charge in [-0.1, -0.05) is 24.3 Å². The number of amides is 1. The molecule has 0 N–H and O–H groups in total. The van der Waals surface area contributed by atoms with Crippen molar-refractivity contribution in [2.75, 3.05) is 31.1 Å². The van der Waals surface area contributed by atoms with Crippen LogP contribution in [0.1, 0.15) is 11.1 Å². The molecule has 1 aliphatic heterocycles. The number of rotatable bonds is 3. The van der Waals surface area contributed by atoms with Gasteiger partial charge in [-0.2, -0.15) is 13.2 Å². The smallest absolute Gasteiger partial charge is 0.366 e. The molecule has 0 spiro atoms. The molecule has 0 aromatic heterocycles. The Bertz CT molecular complexity index is 840. The fraction of sp³-hybridized carbons (Fsp3) is 0.250. The number of para-hydroxylation sites is 1. The third kappa shape index (κ3) is 4.67. The van der Waals surface area contributed by atoms with Crippen LogP contribution in [0, 0.1) is 5.82 Å². The van der Waals surface area contributed by atoms with Crippen molar-refractivity contribution in [3.05, 3.63) is 71.6 Å². The number of carbonyl (C=O) groups is 1. The quantitative estimate of drug-likeness (QED) is 0.590. The van der Waals surface area contributed by atoms with Gasteiger partial charge in [-0.3, -0.25) is 4.79 Å². The van der Waals surface area contributed by atoms with Gasteiger partial charge in [-0.15, -0.1) is 0 Å². The zero-order valence-corrected chi connectivity index (χ0v) is 14.4. The van der Waals surface area contributed by atoms with Crippen molar-refractivity contribution in [3.63, 3.8) is 0 Å². The van der Waals surface area contributed by atoms with Crippen molar-refractivity contribution in [2.45, 2.75) is 6.18 Å². The third-order valence-electron chi connectivity index (χ3n) is 4.42. The number of nitrogens with zero attached hydrogens (tertiary/aromatic N) is 2. The highest BCUT2D eigenvalue weighted by atomic mass is 19.4. The highest BCUT2D eigenvalue weighted by Crippen LogP contribution is 2.29. The van der Waals surface area contributed by atoms with Gasteiger partial charge in [-0.25, -0.2) is 4.39 Å². The summed E-state index contributed by atoms with van der Waals surface area (Å²) in [6.45, 7) is 1.81. The minimum Gasteiger partial charge on any atom is -0.366 e. The minimum absolute atomic E-state index is 0.277. The van der Waals surface area contributed by atoms with Crippen LogP contribution in [0.15, 0.2) is 54.6 Å². The molecule has 7 heteroatoms. The maximum Gasteiger partial charge on any atom is 0.416 e. The van der Waals surface area contributed by atoms with Gasteiger partial charge in [-0.05, 0) is 35.9 Å². The Hall–Kier alpha value is -2.83. The van der Waals surface area contributed by atoms with E-state index in [0.717, 1.165) is 12.1 Å². The van der Waals surface area contributed by atoms with Gasteiger partial charge in [0.15, 0.2) is 0 Å². The second kappa shape index (κ2) is 7.82. The Labute approximate surface area is 154 Å². The van der Waals surface area contributed by atoms with E-state index in [0.29, 0.717) is 37.4 Å². The Morgan fingerprint density at radius 2 is 1.67 bits per heavy atom. The largest absolute Gasteiger partial charge is 0.416 e. The zero-order valence-electron chi connectivity index (χ0n) is 14.4. The van der Waals surface area contributed by atoms with Crippen LogP contribution < -0.4 is 4.90 Å². The first-order valence-electron chi connectivity index (χ1n) is 8.48. The number of hydrogen-bond acceptors (Lipinski definition) is 2. The number of carbonyl (C=O) groups excluding carboxylic acids is 1. The number of piperazine rings is 1. The number of benzene rings is 2. The molecule has 0 atom stereocenters. The molecule has 3 rings (SSSR count). The van der Waals surface area contributed by atoms with E-state index in [1.807, 2.05) is 4.90 Å². The topological polar surface area (TPSA) is 23.6 Å². The molecule has 3 nitrogen and oxygen atoms in total. The molecule has 0 saturated carbocycles. The molecule has 1 amide bonds. The number of alkyl halides is 3. The predicted molar refractivity (Wildman–Crippen MR) is 95.7 cm³/mol. The van der Waals surface area contributed by atoms with Gasteiger partial charge in [0.2, 0.25) is 5.91 Å². The summed E-state index contributed by atoms with van der Waals surface area (Å²) in [7, 11) is 0. The van der Waals surface area contributed by atoms with Crippen molar-refractivity contribution in [2.24, 2.45) is 0 Å². The average molecular weight is 378 g/mol. The van der Waals surface area contributed by atoms with E-state index in [4.69, 9.17) is 0 Å². The summed E-state index contributed by atoms with van der Waals surface area (Å²) in [4.78, 5) is 15.8. The summed E-state index contributed by atoms with van der Waals surface area (Å²) in [5, 5.41) is 0. The van der Waals surface area contributed by atoms with Crippen LogP contribution >= 0.6 is 0 Å². The van der Waals surface area contributed by atoms with Gasteiger partial charge in [0.25, 0.3) is 0 Å². The molecule has 0 aliphatic carbocycles. The second-order valence-corrected chi connectivity index (χ2v) is 6.22. The van der Waals surface area contributed by atoms with Crippen LogP contribution in [0.2, 0.25) is 0 Å². The van der Waals surface area contributed by atoms with Gasteiger partial charge in [0.1, 0.15) is 5.82 Å². The third-order valence-corrected chi connectivity index (χ3v) is 4.42. The Balaban J connectivity index is 1.60. The Kier molecular flexibility index (Phi) is 5.48. The molecular formula is C20H18F4N2O. The van der Waals surface area contributed by atoms with Gasteiger partial charge < -0.3 is 9.80 Å². The van der Waals surface area contributed by atoms with Crippen LogP contribution in [0.3, 0.4) is 0 Å². The molecule has 27 heavy (non-hydrogen) atoms. The van der Waals surface area contributed by atoms with E-state index in [1.54, 1.807) is 23.1 Å². The number of hydrogen-bond donors (Lipinski definition) is 0. The molecule has 2 aromatic rings. The molecule has 2 aromatic carbocycles. The highest BCUT2D eigenvalue weighted by Gasteiger charge is 2.30. The van der Waals surface area contributed by atoms with E-state index in [9.17, 15) is 22.4 Å². The molecule has 1 heterocycles. The molecule has 0 radical (unpaired) electrons. The maximum atomic E-state index is 13.8. The van der Waals surface area contributed by atoms with Crippen molar-refractivity contribution < 1.29 is 22.4 Å². The van der Waals surface area contributed by atoms with Gasteiger partial charge in [0, 0.05) is 32.3 Å². The summed E-state index contributed by atoms with van der Waals surface area (Å²) in [5.41, 5.74) is 0.0582. The monoisotopic (exact) mass is 378 g/mol. The summed E-state index contributed by atoms with van der Waals surface area (Å²) < 4.78 is 52.0. The molecule has 1 aliphatic rings. The normalized spacial score (nSPS) is 15.4. The summed E-state index contributed by atoms with van der Waals surface area (Å²) in [6.07, 6.45) is -1.77. The fourth-order valence-electron chi connectivity index (χ4n) is 2.97. The highest BCUT2D eigenvalue weighted by molar-refractivity contribution is 5.92. The first-order valence-corrected chi connectivity index (χ1v) is 8.48. The van der Waals surface area contributed by atoms with E-state index >= 15 is 0 Å². The Morgan fingerprint density at radius 1 is 0.963 bits per heavy atom. The van der Waals surface area contributed by atoms with Gasteiger partial charge in [0.05, 0.1) is 11.3 Å². The van der Waals surface area contributed by atoms with E-state index in [-0.39, 0.29) is 11.7 Å². The SMILES string of the molecule is O=C(/C=C/c1cccc(C(F)(F)F)c1)N1CCN(c2ccccc2F)CC1. The fourth-order valence-corrected chi connectivity index (χ4v) is 2.97. The lowest BCUT2D eigenvalue weighted by molar-refractivity contribution is -0.137. The van der Waals surface area contributed by atoms with E-state index in [2.05, 4.69) is 0 Å². The Morgan fingerprint density at radius 3 is 2.33 bits per heavy atom. The summed E-state index contributed by atoms with van der Waals surface area (Å²) >= 11 is 0. The molecule has 1 fully saturated rings. The van der Waals surface area contributed by atoms with Crippen molar-refractivity contribution in [3.8, 4) is 0 Å². The van der Waals surface area contributed by atoms with Crippen LogP contribution in [-0.4, -0.2) is 37.0 Å². The van der Waals surface area contributed by atoms with Crippen molar-refractivity contribution in [1.29, 1.82) is 0 Å². The summed E-state index contributed by atoms with van der Waals surface area (Å²) in [5.74, 6) is -0.581. The van der Waals surface area contributed by atoms with Crippen LogP contribution in [0.25, 0.3) is 6.08 Å². The molecule has 1 saturated heterocycles. The maximum absolute atomic E-state index is 13.8. The van der Waals surface area contributed by atoms with Crippen molar-refractivity contribution >= 4 is 17.7 Å². The first kappa shape index (κ1) is 18.9. The lowest BCUT2D eigenvalue weighted by Gasteiger charge is -2.35. The lowest BCUT2D eigenvalue weighted by Crippen LogP contribution is -2.48. The second-order valence-electron chi connectivity index (χ2n) is 6.22. The zero-order chi connectivity index (χ0) is 19.4. The van der Waals surface area contributed by atoms with Gasteiger partial charge >= 0.3 is 6.18 Å². The number of anilines is 1.